The molecule has 1 fully saturated rings. The van der Waals surface area contributed by atoms with E-state index < -0.39 is 23.6 Å². The molecule has 5 rings (SSSR count). The molecule has 1 aliphatic heterocycles. The predicted octanol–water partition coefficient (Wildman–Crippen LogP) is 4.09. The molecule has 0 atom stereocenters. The Morgan fingerprint density at radius 3 is 2.46 bits per heavy atom. The number of fused-ring (bicyclic) bond motifs is 1. The molecule has 1 aliphatic rings. The minimum Gasteiger partial charge on any atom is -0.494 e. The summed E-state index contributed by atoms with van der Waals surface area (Å²) in [7, 11) is 1.26. The summed E-state index contributed by atoms with van der Waals surface area (Å²) in [4.78, 5) is 45.2. The highest BCUT2D eigenvalue weighted by Crippen LogP contribution is 2.32. The van der Waals surface area contributed by atoms with E-state index in [1.54, 1.807) is 22.7 Å². The van der Waals surface area contributed by atoms with Crippen LogP contribution in [0.2, 0.25) is 0 Å². The zero-order valence-corrected chi connectivity index (χ0v) is 28.0. The second-order valence-electron chi connectivity index (χ2n) is 12.6. The SMILES string of the molecule is CCc1cc(Nc2nccn3c(-c4ccc(OC)c(F)c4F)cnc23)ccc1C(=O)NCCCCC[N+](CC(=O)O)(CC(=O)O)CC1CNC1. The van der Waals surface area contributed by atoms with Crippen LogP contribution in [-0.4, -0.2) is 99.8 Å². The highest BCUT2D eigenvalue weighted by Gasteiger charge is 2.37. The zero-order valence-electron chi connectivity index (χ0n) is 28.0. The van der Waals surface area contributed by atoms with E-state index in [0.717, 1.165) is 18.7 Å². The van der Waals surface area contributed by atoms with Crippen LogP contribution >= 0.6 is 0 Å². The maximum atomic E-state index is 14.9. The van der Waals surface area contributed by atoms with Crippen molar-refractivity contribution in [3.63, 3.8) is 0 Å². The molecule has 3 heterocycles. The number of methoxy groups -OCH3 is 1. The van der Waals surface area contributed by atoms with Gasteiger partial charge in [-0.1, -0.05) is 6.92 Å². The van der Waals surface area contributed by atoms with Crippen LogP contribution < -0.4 is 20.7 Å². The number of carboxylic acids is 2. The third-order valence-electron chi connectivity index (χ3n) is 9.01. The van der Waals surface area contributed by atoms with Crippen molar-refractivity contribution < 1.29 is 42.6 Å². The summed E-state index contributed by atoms with van der Waals surface area (Å²) in [5.41, 5.74) is 2.72. The molecule has 13 nitrogen and oxygen atoms in total. The van der Waals surface area contributed by atoms with Gasteiger partial charge in [0, 0.05) is 54.8 Å². The Morgan fingerprint density at radius 1 is 1.04 bits per heavy atom. The molecule has 0 bridgehead atoms. The molecule has 266 valence electrons. The van der Waals surface area contributed by atoms with Crippen molar-refractivity contribution >= 4 is 35.0 Å². The minimum absolute atomic E-state index is 0.0105. The maximum Gasteiger partial charge on any atom is 0.359 e. The van der Waals surface area contributed by atoms with Crippen molar-refractivity contribution in [2.75, 3.05) is 58.2 Å². The Labute approximate surface area is 287 Å². The molecule has 0 spiro atoms. The van der Waals surface area contributed by atoms with Gasteiger partial charge in [-0.15, -0.1) is 0 Å². The number of halogens is 2. The second kappa shape index (κ2) is 16.0. The van der Waals surface area contributed by atoms with Crippen LogP contribution in [0.3, 0.4) is 0 Å². The molecule has 2 aromatic heterocycles. The Morgan fingerprint density at radius 2 is 1.80 bits per heavy atom. The number of aliphatic carboxylic acids is 2. The number of amides is 1. The monoisotopic (exact) mass is 694 g/mol. The van der Waals surface area contributed by atoms with E-state index in [1.807, 2.05) is 13.0 Å². The molecule has 0 unspecified atom stereocenters. The topological polar surface area (TPSA) is 167 Å². The first-order valence-electron chi connectivity index (χ1n) is 16.6. The van der Waals surface area contributed by atoms with Gasteiger partial charge in [0.05, 0.1) is 32.1 Å². The van der Waals surface area contributed by atoms with Crippen LogP contribution in [0.5, 0.6) is 5.75 Å². The van der Waals surface area contributed by atoms with Gasteiger partial charge in [-0.25, -0.2) is 23.9 Å². The maximum absolute atomic E-state index is 14.9. The third-order valence-corrected chi connectivity index (χ3v) is 9.01. The van der Waals surface area contributed by atoms with Gasteiger partial charge in [0.1, 0.15) is 0 Å². The number of carbonyl (C=O) groups is 3. The first-order valence-corrected chi connectivity index (χ1v) is 16.6. The van der Waals surface area contributed by atoms with Crippen molar-refractivity contribution in [3.05, 3.63) is 71.7 Å². The number of benzene rings is 2. The number of imidazole rings is 1. The van der Waals surface area contributed by atoms with Crippen molar-refractivity contribution in [1.29, 1.82) is 0 Å². The molecule has 2 aromatic carbocycles. The molecule has 1 amide bonds. The summed E-state index contributed by atoms with van der Waals surface area (Å²) in [6.07, 6.45) is 7.14. The molecule has 5 N–H and O–H groups in total. The molecule has 0 radical (unpaired) electrons. The number of ether oxygens (including phenoxy) is 1. The highest BCUT2D eigenvalue weighted by atomic mass is 19.2. The largest absolute Gasteiger partial charge is 0.494 e. The number of aryl methyl sites for hydroxylation is 1. The van der Waals surface area contributed by atoms with Gasteiger partial charge in [-0.2, -0.15) is 4.39 Å². The fourth-order valence-corrected chi connectivity index (χ4v) is 6.50. The number of hydrogen-bond donors (Lipinski definition) is 5. The lowest BCUT2D eigenvalue weighted by Gasteiger charge is -2.41. The van der Waals surface area contributed by atoms with Crippen LogP contribution in [0.25, 0.3) is 16.9 Å². The van der Waals surface area contributed by atoms with Gasteiger partial charge in [-0.3, -0.25) is 9.20 Å². The number of rotatable bonds is 18. The van der Waals surface area contributed by atoms with E-state index in [1.165, 1.54) is 31.6 Å². The van der Waals surface area contributed by atoms with Crippen LogP contribution in [-0.2, 0) is 16.0 Å². The van der Waals surface area contributed by atoms with Crippen LogP contribution in [0, 0.1) is 17.6 Å². The number of unbranched alkanes of at least 4 members (excludes halogenated alkanes) is 2. The van der Waals surface area contributed by atoms with E-state index in [0.29, 0.717) is 73.7 Å². The number of anilines is 2. The summed E-state index contributed by atoms with van der Waals surface area (Å²) in [6, 6.07) is 8.10. The van der Waals surface area contributed by atoms with Gasteiger partial charge < -0.3 is 35.4 Å². The summed E-state index contributed by atoms with van der Waals surface area (Å²) in [5, 5.41) is 28.4. The normalized spacial score (nSPS) is 13.2. The molecule has 50 heavy (non-hydrogen) atoms. The Bertz CT molecular complexity index is 1850. The van der Waals surface area contributed by atoms with E-state index in [9.17, 15) is 33.4 Å². The number of carboxylic acid groups (broad SMARTS) is 2. The molecule has 15 heteroatoms. The molecule has 0 saturated carbocycles. The zero-order chi connectivity index (χ0) is 35.8. The van der Waals surface area contributed by atoms with Gasteiger partial charge in [-0.05, 0) is 61.6 Å². The quantitative estimate of drug-likeness (QED) is 0.0756. The van der Waals surface area contributed by atoms with Crippen LogP contribution in [0.1, 0.15) is 42.1 Å². The first-order chi connectivity index (χ1) is 24.0. The van der Waals surface area contributed by atoms with Gasteiger partial charge in [0.25, 0.3) is 5.91 Å². The molecular weight excluding hydrogens is 652 g/mol. The Kier molecular flexibility index (Phi) is 11.6. The van der Waals surface area contributed by atoms with E-state index in [2.05, 4.69) is 25.9 Å². The lowest BCUT2D eigenvalue weighted by atomic mass is 10.0. The van der Waals surface area contributed by atoms with Crippen molar-refractivity contribution in [2.24, 2.45) is 5.92 Å². The van der Waals surface area contributed by atoms with Gasteiger partial charge in [0.15, 0.2) is 36.1 Å². The molecule has 1 saturated heterocycles. The standard InChI is InChI=1S/C35H41F2N7O6/c1-3-23-15-24(42-33-34-41-18-27(43(34)13-12-39-33)26-9-10-28(50-2)32(37)31(26)36)7-8-25(23)35(49)40-11-5-4-6-14-44(20-29(45)46,21-30(47)48)19-22-16-38-17-22/h7-10,12-13,15,18,22,38H,3-6,11,14,16-17,19-21H2,1-2H3,(H3-,39,40,42,45,46,47,48,49)/p+1. The van der Waals surface area contributed by atoms with Gasteiger partial charge in [0.2, 0.25) is 5.82 Å². The highest BCUT2D eigenvalue weighted by molar-refractivity contribution is 5.96. The van der Waals surface area contributed by atoms with E-state index >= 15 is 0 Å². The average molecular weight is 695 g/mol. The number of aromatic nitrogens is 3. The predicted molar refractivity (Wildman–Crippen MR) is 182 cm³/mol. The molecule has 0 aliphatic carbocycles. The number of carbonyl (C=O) groups excluding carboxylic acids is 1. The fraction of sp³-hybridized carbons (Fsp3) is 0.400. The fourth-order valence-electron chi connectivity index (χ4n) is 6.50. The Hall–Kier alpha value is -5.15. The second-order valence-corrected chi connectivity index (χ2v) is 12.6. The van der Waals surface area contributed by atoms with Crippen molar-refractivity contribution in [1.82, 2.24) is 25.0 Å². The number of quaternary nitrogens is 1. The van der Waals surface area contributed by atoms with Gasteiger partial charge >= 0.3 is 11.9 Å². The minimum atomic E-state index is -1.09. The number of nitrogens with one attached hydrogen (secondary N) is 3. The molecule has 4 aromatic rings. The van der Waals surface area contributed by atoms with E-state index in [-0.39, 0.29) is 40.7 Å². The number of nitrogens with zero attached hydrogens (tertiary/aromatic N) is 4. The van der Waals surface area contributed by atoms with E-state index in [4.69, 9.17) is 4.74 Å². The molecular formula is C35H42F2N7O6+. The summed E-state index contributed by atoms with van der Waals surface area (Å²) < 4.78 is 35.8. The average Bonchev–Trinajstić information content (AvgIpc) is 3.50. The van der Waals surface area contributed by atoms with Crippen LogP contribution in [0.15, 0.2) is 48.9 Å². The lowest BCUT2D eigenvalue weighted by molar-refractivity contribution is -0.918. The van der Waals surface area contributed by atoms with Crippen molar-refractivity contribution in [3.8, 4) is 17.0 Å². The number of hydrogen-bond acceptors (Lipinski definition) is 8. The smallest absolute Gasteiger partial charge is 0.359 e. The first kappa shape index (κ1) is 36.1. The summed E-state index contributed by atoms with van der Waals surface area (Å²) >= 11 is 0. The summed E-state index contributed by atoms with van der Waals surface area (Å²) in [6.45, 7) is 4.36. The van der Waals surface area contributed by atoms with Crippen LogP contribution in [0.4, 0.5) is 20.3 Å². The lowest BCUT2D eigenvalue weighted by Crippen LogP contribution is -2.61. The summed E-state index contributed by atoms with van der Waals surface area (Å²) in [5.74, 6) is -3.95. The Balaban J connectivity index is 1.19. The van der Waals surface area contributed by atoms with Crippen molar-refractivity contribution in [2.45, 2.75) is 32.6 Å². The third kappa shape index (κ3) is 8.34.